The zero-order valence-corrected chi connectivity index (χ0v) is 15.7. The molecule has 2 fully saturated rings. The third-order valence-electron chi connectivity index (χ3n) is 5.42. The van der Waals surface area contributed by atoms with Crippen LogP contribution in [0.3, 0.4) is 0 Å². The van der Waals surface area contributed by atoms with Crippen LogP contribution in [0.15, 0.2) is 24.3 Å². The molecule has 1 aromatic rings. The highest BCUT2D eigenvalue weighted by Crippen LogP contribution is 2.23. The molecule has 142 valence electrons. The first-order valence-electron chi connectivity index (χ1n) is 9.73. The third-order valence-corrected chi connectivity index (χ3v) is 5.42. The van der Waals surface area contributed by atoms with Gasteiger partial charge in [0.2, 0.25) is 11.8 Å². The number of hydrogen-bond acceptors (Lipinski definition) is 4. The summed E-state index contributed by atoms with van der Waals surface area (Å²) in [4.78, 5) is 28.9. The Morgan fingerprint density at radius 1 is 1.00 bits per heavy atom. The lowest BCUT2D eigenvalue weighted by atomic mass is 9.89. The number of anilines is 2. The van der Waals surface area contributed by atoms with Gasteiger partial charge in [-0.05, 0) is 44.2 Å². The van der Waals surface area contributed by atoms with E-state index in [0.717, 1.165) is 57.5 Å². The lowest BCUT2D eigenvalue weighted by Gasteiger charge is -2.34. The number of carbonyl (C=O) groups is 2. The number of rotatable bonds is 5. The summed E-state index contributed by atoms with van der Waals surface area (Å²) in [5.74, 6) is -0.0776. The van der Waals surface area contributed by atoms with E-state index in [9.17, 15) is 9.59 Å². The number of amides is 2. The molecule has 2 N–H and O–H groups in total. The number of hydrogen-bond donors (Lipinski definition) is 2. The van der Waals surface area contributed by atoms with E-state index >= 15 is 0 Å². The molecule has 2 aliphatic rings. The van der Waals surface area contributed by atoms with Gasteiger partial charge in [0.25, 0.3) is 0 Å². The maximum Gasteiger partial charge on any atom is 0.243 e. The first kappa shape index (κ1) is 18.7. The summed E-state index contributed by atoms with van der Waals surface area (Å²) in [5, 5.41) is 5.63. The predicted octanol–water partition coefficient (Wildman–Crippen LogP) is 2.07. The van der Waals surface area contributed by atoms with E-state index in [4.69, 9.17) is 0 Å². The molecule has 2 amide bonds. The Kier molecular flexibility index (Phi) is 6.50. The van der Waals surface area contributed by atoms with Gasteiger partial charge >= 0.3 is 0 Å². The highest BCUT2D eigenvalue weighted by molar-refractivity contribution is 5.94. The van der Waals surface area contributed by atoms with E-state index in [2.05, 4.69) is 27.5 Å². The normalized spacial score (nSPS) is 19.2. The summed E-state index contributed by atoms with van der Waals surface area (Å²) in [6, 6.07) is 7.94. The Hall–Kier alpha value is -2.08. The lowest BCUT2D eigenvalue weighted by Crippen LogP contribution is -2.44. The van der Waals surface area contributed by atoms with Crippen LogP contribution in [-0.4, -0.2) is 56.5 Å². The highest BCUT2D eigenvalue weighted by Gasteiger charge is 2.21. The van der Waals surface area contributed by atoms with Gasteiger partial charge in [-0.15, -0.1) is 0 Å². The van der Waals surface area contributed by atoms with Crippen molar-refractivity contribution in [3.63, 3.8) is 0 Å². The van der Waals surface area contributed by atoms with E-state index < -0.39 is 0 Å². The molecule has 0 unspecified atom stereocenters. The van der Waals surface area contributed by atoms with Crippen LogP contribution in [0.5, 0.6) is 0 Å². The first-order valence-corrected chi connectivity index (χ1v) is 9.73. The van der Waals surface area contributed by atoms with Gasteiger partial charge in [-0.3, -0.25) is 9.59 Å². The van der Waals surface area contributed by atoms with E-state index in [1.807, 2.05) is 24.3 Å². The van der Waals surface area contributed by atoms with Crippen LogP contribution in [0.4, 0.5) is 11.4 Å². The average Bonchev–Trinajstić information content (AvgIpc) is 2.68. The first-order chi connectivity index (χ1) is 12.6. The van der Waals surface area contributed by atoms with Crippen molar-refractivity contribution in [3.05, 3.63) is 24.3 Å². The number of carbonyl (C=O) groups excluding carboxylic acids is 2. The molecular weight excluding hydrogens is 328 g/mol. The molecule has 0 atom stereocenters. The zero-order chi connectivity index (χ0) is 18.4. The van der Waals surface area contributed by atoms with Crippen LogP contribution in [0.2, 0.25) is 0 Å². The molecule has 1 heterocycles. The molecule has 6 nitrogen and oxygen atoms in total. The molecule has 1 saturated carbocycles. The number of benzene rings is 1. The van der Waals surface area contributed by atoms with Crippen molar-refractivity contribution in [2.45, 2.75) is 32.1 Å². The molecule has 1 aromatic carbocycles. The molecule has 3 rings (SSSR count). The lowest BCUT2D eigenvalue weighted by molar-refractivity contribution is -0.128. The van der Waals surface area contributed by atoms with Crippen LogP contribution >= 0.6 is 0 Å². The minimum absolute atomic E-state index is 0.0188. The second-order valence-electron chi connectivity index (χ2n) is 7.44. The largest absolute Gasteiger partial charge is 0.369 e. The Labute approximate surface area is 155 Å². The van der Waals surface area contributed by atoms with Crippen LogP contribution < -0.4 is 15.5 Å². The highest BCUT2D eigenvalue weighted by atomic mass is 16.2. The van der Waals surface area contributed by atoms with Crippen molar-refractivity contribution in [1.82, 2.24) is 10.2 Å². The average molecular weight is 358 g/mol. The van der Waals surface area contributed by atoms with E-state index in [1.165, 1.54) is 12.1 Å². The Bertz CT molecular complexity index is 603. The molecule has 1 aliphatic heterocycles. The van der Waals surface area contributed by atoms with Crippen molar-refractivity contribution < 1.29 is 9.59 Å². The third kappa shape index (κ3) is 5.21. The SMILES string of the molecule is CN1CCN(c2ccc(NC(=O)CNC(=O)C3CCCCC3)cc2)CC1. The fourth-order valence-corrected chi connectivity index (χ4v) is 3.70. The Morgan fingerprint density at radius 3 is 2.31 bits per heavy atom. The van der Waals surface area contributed by atoms with Gasteiger partial charge in [0.15, 0.2) is 0 Å². The molecule has 0 aromatic heterocycles. The van der Waals surface area contributed by atoms with E-state index in [1.54, 1.807) is 0 Å². The van der Waals surface area contributed by atoms with E-state index in [-0.39, 0.29) is 24.3 Å². The topological polar surface area (TPSA) is 64.7 Å². The summed E-state index contributed by atoms with van der Waals surface area (Å²) in [6.45, 7) is 4.22. The van der Waals surface area contributed by atoms with Crippen LogP contribution in [0.25, 0.3) is 0 Å². The van der Waals surface area contributed by atoms with Crippen molar-refractivity contribution in [3.8, 4) is 0 Å². The van der Waals surface area contributed by atoms with Crippen molar-refractivity contribution in [1.29, 1.82) is 0 Å². The van der Waals surface area contributed by atoms with Gasteiger partial charge in [-0.2, -0.15) is 0 Å². The fourth-order valence-electron chi connectivity index (χ4n) is 3.70. The molecule has 26 heavy (non-hydrogen) atoms. The van der Waals surface area contributed by atoms with Crippen molar-refractivity contribution in [2.75, 3.05) is 50.0 Å². The van der Waals surface area contributed by atoms with Gasteiger partial charge in [-0.25, -0.2) is 0 Å². The minimum Gasteiger partial charge on any atom is -0.369 e. The molecule has 6 heteroatoms. The molecule has 0 bridgehead atoms. The van der Waals surface area contributed by atoms with Gasteiger partial charge in [0.1, 0.15) is 0 Å². The smallest absolute Gasteiger partial charge is 0.243 e. The maximum atomic E-state index is 12.1. The Balaban J connectivity index is 1.43. The number of nitrogens with one attached hydrogen (secondary N) is 2. The molecule has 1 saturated heterocycles. The van der Waals surface area contributed by atoms with Gasteiger partial charge in [-0.1, -0.05) is 19.3 Å². The molecule has 0 spiro atoms. The number of nitrogens with zero attached hydrogens (tertiary/aromatic N) is 2. The summed E-state index contributed by atoms with van der Waals surface area (Å²) in [7, 11) is 2.14. The molecule has 1 aliphatic carbocycles. The van der Waals surface area contributed by atoms with Gasteiger partial charge in [0.05, 0.1) is 6.54 Å². The second-order valence-corrected chi connectivity index (χ2v) is 7.44. The summed E-state index contributed by atoms with van der Waals surface area (Å²) in [5.41, 5.74) is 1.95. The van der Waals surface area contributed by atoms with E-state index in [0.29, 0.717) is 0 Å². The second kappa shape index (κ2) is 9.03. The number of likely N-dealkylation sites (N-methyl/N-ethyl adjacent to an activating group) is 1. The summed E-state index contributed by atoms with van der Waals surface area (Å²) < 4.78 is 0. The quantitative estimate of drug-likeness (QED) is 0.846. The van der Waals surface area contributed by atoms with Gasteiger partial charge in [0, 0.05) is 43.5 Å². The molecule has 0 radical (unpaired) electrons. The summed E-state index contributed by atoms with van der Waals surface area (Å²) in [6.07, 6.45) is 5.34. The standard InChI is InChI=1S/C20H30N4O2/c1-23-11-13-24(14-12-23)18-9-7-17(8-10-18)22-19(25)15-21-20(26)16-5-3-2-4-6-16/h7-10,16H,2-6,11-15H2,1H3,(H,21,26)(H,22,25). The van der Waals surface area contributed by atoms with Crippen LogP contribution in [0.1, 0.15) is 32.1 Å². The summed E-state index contributed by atoms with van der Waals surface area (Å²) >= 11 is 0. The Morgan fingerprint density at radius 2 is 1.65 bits per heavy atom. The van der Waals surface area contributed by atoms with Crippen molar-refractivity contribution >= 4 is 23.2 Å². The minimum atomic E-state index is -0.179. The fraction of sp³-hybridized carbons (Fsp3) is 0.600. The van der Waals surface area contributed by atoms with Crippen LogP contribution in [0, 0.1) is 5.92 Å². The van der Waals surface area contributed by atoms with Gasteiger partial charge < -0.3 is 20.4 Å². The van der Waals surface area contributed by atoms with Crippen molar-refractivity contribution in [2.24, 2.45) is 5.92 Å². The predicted molar refractivity (Wildman–Crippen MR) is 104 cm³/mol. The zero-order valence-electron chi connectivity index (χ0n) is 15.7. The molecular formula is C20H30N4O2. The number of piperazine rings is 1. The monoisotopic (exact) mass is 358 g/mol. The van der Waals surface area contributed by atoms with Crippen LogP contribution in [-0.2, 0) is 9.59 Å². The maximum absolute atomic E-state index is 12.1.